The molecule has 4 atom stereocenters. The molecule has 6 heteroatoms. The number of rotatable bonds is 5. The van der Waals surface area contributed by atoms with E-state index in [1.807, 2.05) is 6.20 Å². The maximum Gasteiger partial charge on any atom is 0.124 e. The molecule has 2 aliphatic carbocycles. The number of hydrogen-bond donors (Lipinski definition) is 4. The molecule has 230 valence electrons. The molecule has 2 aromatic heterocycles. The van der Waals surface area contributed by atoms with Crippen molar-refractivity contribution in [2.75, 3.05) is 13.1 Å². The van der Waals surface area contributed by atoms with Crippen LogP contribution in [0.4, 0.5) is 0 Å². The topological polar surface area (TPSA) is 81.4 Å². The molecule has 4 unspecified atom stereocenters. The van der Waals surface area contributed by atoms with Crippen molar-refractivity contribution in [3.05, 3.63) is 83.6 Å². The van der Waals surface area contributed by atoms with Crippen LogP contribution in [0.25, 0.3) is 44.5 Å². The summed E-state index contributed by atoms with van der Waals surface area (Å²) in [6.07, 6.45) is 8.06. The molecule has 0 radical (unpaired) electrons. The first-order valence-corrected chi connectivity index (χ1v) is 17.0. The summed E-state index contributed by atoms with van der Waals surface area (Å²) in [4.78, 5) is 17.0. The molecular weight excluding hydrogens is 552 g/mol. The zero-order valence-electron chi connectivity index (χ0n) is 26.9. The van der Waals surface area contributed by atoms with Crippen molar-refractivity contribution >= 4 is 11.0 Å². The van der Waals surface area contributed by atoms with Gasteiger partial charge in [0, 0.05) is 13.1 Å². The van der Waals surface area contributed by atoms with Crippen LogP contribution in [0.1, 0.15) is 94.2 Å². The van der Waals surface area contributed by atoms with Crippen LogP contribution in [0, 0.1) is 16.7 Å². The highest BCUT2D eigenvalue weighted by Crippen LogP contribution is 2.56. The minimum absolute atomic E-state index is 0.299. The molecule has 0 amide bonds. The molecule has 4 aliphatic rings. The Morgan fingerprint density at radius 3 is 2.09 bits per heavy atom. The van der Waals surface area contributed by atoms with E-state index in [1.165, 1.54) is 47.1 Å². The normalized spacial score (nSPS) is 26.2. The fourth-order valence-electron chi connectivity index (χ4n) is 8.72. The summed E-state index contributed by atoms with van der Waals surface area (Å²) < 4.78 is 0. The van der Waals surface area contributed by atoms with Gasteiger partial charge in [-0.05, 0) is 106 Å². The predicted molar refractivity (Wildman–Crippen MR) is 182 cm³/mol. The van der Waals surface area contributed by atoms with Crippen LogP contribution in [-0.4, -0.2) is 33.0 Å². The summed E-state index contributed by atoms with van der Waals surface area (Å²) in [5.74, 6) is 3.59. The standard InChI is InChI=1S/C39H44N6/c1-38(2)17-32(41-20-38)36-40-19-34(45-36)23-7-5-22(6-8-23)27-13-12-26(29-15-24-9-11-28(24)35(27)29)25-10-14-30-31(16-25)44-37(43-30)33-18-39(3,4)21-42-33/h5-8,10,12-14,16,19,24,28,32-33,41-42H,9,11,15,17-18,20-21H2,1-4H3,(H,40,45)(H,43,44). The van der Waals surface area contributed by atoms with Gasteiger partial charge >= 0.3 is 0 Å². The van der Waals surface area contributed by atoms with Crippen molar-refractivity contribution in [1.82, 2.24) is 30.6 Å². The molecule has 2 saturated heterocycles. The molecule has 3 fully saturated rings. The molecule has 9 rings (SSSR count). The number of nitrogens with one attached hydrogen (secondary N) is 4. The van der Waals surface area contributed by atoms with Crippen LogP contribution >= 0.6 is 0 Å². The number of aromatic nitrogens is 4. The van der Waals surface area contributed by atoms with Crippen molar-refractivity contribution in [2.45, 2.75) is 77.8 Å². The second kappa shape index (κ2) is 9.88. The molecule has 5 aromatic rings. The number of nitrogens with zero attached hydrogens (tertiary/aromatic N) is 2. The summed E-state index contributed by atoms with van der Waals surface area (Å²) >= 11 is 0. The summed E-state index contributed by atoms with van der Waals surface area (Å²) in [6, 6.07) is 21.3. The van der Waals surface area contributed by atoms with Gasteiger partial charge in [-0.2, -0.15) is 0 Å². The molecule has 1 saturated carbocycles. The third kappa shape index (κ3) is 4.68. The summed E-state index contributed by atoms with van der Waals surface area (Å²) in [5.41, 5.74) is 13.7. The number of aromatic amines is 2. The Labute approximate surface area is 265 Å². The van der Waals surface area contributed by atoms with Gasteiger partial charge in [0.05, 0.1) is 35.0 Å². The fraction of sp³-hybridized carbons (Fsp3) is 0.436. The molecule has 4 N–H and O–H groups in total. The number of fused-ring (bicyclic) bond motifs is 4. The van der Waals surface area contributed by atoms with E-state index in [4.69, 9.17) is 9.97 Å². The predicted octanol–water partition coefficient (Wildman–Crippen LogP) is 8.46. The number of H-pyrrole nitrogens is 2. The van der Waals surface area contributed by atoms with Gasteiger partial charge in [-0.15, -0.1) is 0 Å². The second-order valence-corrected chi connectivity index (χ2v) is 15.9. The number of imidazole rings is 2. The van der Waals surface area contributed by atoms with Crippen LogP contribution in [0.2, 0.25) is 0 Å². The van der Waals surface area contributed by atoms with Crippen molar-refractivity contribution in [3.8, 4) is 33.5 Å². The Bertz CT molecular complexity index is 1920. The first-order chi connectivity index (χ1) is 21.7. The molecule has 4 heterocycles. The Morgan fingerprint density at radius 1 is 0.711 bits per heavy atom. The highest BCUT2D eigenvalue weighted by atomic mass is 15.1. The van der Waals surface area contributed by atoms with Gasteiger partial charge < -0.3 is 20.6 Å². The van der Waals surface area contributed by atoms with Gasteiger partial charge in [-0.1, -0.05) is 70.2 Å². The zero-order valence-corrected chi connectivity index (χ0v) is 26.9. The van der Waals surface area contributed by atoms with E-state index in [2.05, 4.69) is 103 Å². The van der Waals surface area contributed by atoms with Crippen LogP contribution in [0.5, 0.6) is 0 Å². The van der Waals surface area contributed by atoms with E-state index in [9.17, 15) is 0 Å². The third-order valence-corrected chi connectivity index (χ3v) is 11.4. The molecule has 3 aromatic carbocycles. The number of benzene rings is 3. The van der Waals surface area contributed by atoms with Crippen molar-refractivity contribution in [2.24, 2.45) is 16.7 Å². The Balaban J connectivity index is 1.02. The lowest BCUT2D eigenvalue weighted by atomic mass is 9.73. The average molecular weight is 597 g/mol. The first-order valence-electron chi connectivity index (χ1n) is 17.0. The minimum atomic E-state index is 0.299. The van der Waals surface area contributed by atoms with Crippen LogP contribution < -0.4 is 10.6 Å². The molecular formula is C39H44N6. The maximum atomic E-state index is 4.98. The molecule has 2 aliphatic heterocycles. The van der Waals surface area contributed by atoms with Crippen LogP contribution in [0.3, 0.4) is 0 Å². The van der Waals surface area contributed by atoms with Crippen molar-refractivity contribution in [1.29, 1.82) is 0 Å². The summed E-state index contributed by atoms with van der Waals surface area (Å²) in [5, 5.41) is 7.30. The maximum absolute atomic E-state index is 4.98. The lowest BCUT2D eigenvalue weighted by Crippen LogP contribution is -2.19. The van der Waals surface area contributed by atoms with Gasteiger partial charge in [-0.25, -0.2) is 9.97 Å². The van der Waals surface area contributed by atoms with E-state index in [1.54, 1.807) is 11.1 Å². The first kappa shape index (κ1) is 27.6. The van der Waals surface area contributed by atoms with E-state index in [0.717, 1.165) is 60.2 Å². The monoisotopic (exact) mass is 596 g/mol. The lowest BCUT2D eigenvalue weighted by Gasteiger charge is -2.31. The SMILES string of the molecule is CC1(C)CNC(c2ncc(-c3ccc(-c4ccc(-c5ccc6nc(C7CC(C)(C)CN7)[nH]c6c5)c5c4C4CCC4C5)cc3)[nH]2)C1. The highest BCUT2D eigenvalue weighted by molar-refractivity contribution is 5.86. The largest absolute Gasteiger partial charge is 0.341 e. The van der Waals surface area contributed by atoms with Gasteiger partial charge in [0.2, 0.25) is 0 Å². The Morgan fingerprint density at radius 2 is 1.40 bits per heavy atom. The van der Waals surface area contributed by atoms with Gasteiger partial charge in [0.25, 0.3) is 0 Å². The summed E-state index contributed by atoms with van der Waals surface area (Å²) in [6.45, 7) is 11.4. The summed E-state index contributed by atoms with van der Waals surface area (Å²) in [7, 11) is 0. The Kier molecular flexibility index (Phi) is 6.05. The molecule has 45 heavy (non-hydrogen) atoms. The molecule has 6 nitrogen and oxygen atoms in total. The van der Waals surface area contributed by atoms with E-state index < -0.39 is 0 Å². The molecule has 0 bridgehead atoms. The quantitative estimate of drug-likeness (QED) is 0.164. The van der Waals surface area contributed by atoms with Crippen molar-refractivity contribution in [3.63, 3.8) is 0 Å². The minimum Gasteiger partial charge on any atom is -0.341 e. The van der Waals surface area contributed by atoms with Crippen molar-refractivity contribution < 1.29 is 0 Å². The zero-order chi connectivity index (χ0) is 30.5. The van der Waals surface area contributed by atoms with Crippen LogP contribution in [0.15, 0.2) is 60.8 Å². The second-order valence-electron chi connectivity index (χ2n) is 15.9. The van der Waals surface area contributed by atoms with Gasteiger partial charge in [-0.3, -0.25) is 0 Å². The van der Waals surface area contributed by atoms with E-state index in [0.29, 0.717) is 28.8 Å². The van der Waals surface area contributed by atoms with Gasteiger partial charge in [0.15, 0.2) is 0 Å². The van der Waals surface area contributed by atoms with E-state index >= 15 is 0 Å². The highest BCUT2D eigenvalue weighted by Gasteiger charge is 2.42. The lowest BCUT2D eigenvalue weighted by molar-refractivity contribution is 0.281. The average Bonchev–Trinajstić information content (AvgIpc) is 3.83. The smallest absolute Gasteiger partial charge is 0.124 e. The van der Waals surface area contributed by atoms with Gasteiger partial charge in [0.1, 0.15) is 11.6 Å². The van der Waals surface area contributed by atoms with E-state index in [-0.39, 0.29) is 0 Å². The third-order valence-electron chi connectivity index (χ3n) is 11.4. The fourth-order valence-corrected chi connectivity index (χ4v) is 8.72. The molecule has 0 spiro atoms. The van der Waals surface area contributed by atoms with Crippen LogP contribution in [-0.2, 0) is 6.42 Å². The number of hydrogen-bond acceptors (Lipinski definition) is 4. The Hall–Kier alpha value is -3.74.